The Morgan fingerprint density at radius 3 is 1.94 bits per heavy atom. The molecule has 7 N–H and O–H groups in total. The molecule has 0 aromatic carbocycles. The van der Waals surface area contributed by atoms with Crippen LogP contribution in [0.2, 0.25) is 0 Å². The van der Waals surface area contributed by atoms with Gasteiger partial charge in [0.2, 0.25) is 0 Å². The van der Waals surface area contributed by atoms with E-state index in [4.69, 9.17) is 25.8 Å². The van der Waals surface area contributed by atoms with Crippen molar-refractivity contribution >= 4 is 12.4 Å². The van der Waals surface area contributed by atoms with Crippen molar-refractivity contribution < 1.29 is 30.3 Å². The van der Waals surface area contributed by atoms with E-state index in [-0.39, 0.29) is 19.0 Å². The van der Waals surface area contributed by atoms with Gasteiger partial charge in [-0.25, -0.2) is 0 Å². The molecule has 8 heteroatoms. The van der Waals surface area contributed by atoms with E-state index in [0.717, 1.165) is 0 Å². The Labute approximate surface area is 99.9 Å². The van der Waals surface area contributed by atoms with Gasteiger partial charge in [0.25, 0.3) is 0 Å². The monoisotopic (exact) mass is 261 g/mol. The second-order valence-corrected chi connectivity index (χ2v) is 3.12. The minimum absolute atomic E-state index is 0. The first-order valence-corrected chi connectivity index (χ1v) is 4.66. The van der Waals surface area contributed by atoms with Gasteiger partial charge >= 0.3 is 0 Å². The quantitative estimate of drug-likeness (QED) is 0.299. The molecule has 0 saturated carbocycles. The highest BCUT2D eigenvalue weighted by Crippen LogP contribution is 2.17. The van der Waals surface area contributed by atoms with Crippen LogP contribution in [0.25, 0.3) is 0 Å². The zero-order chi connectivity index (χ0) is 12.0. The molecule has 0 spiro atoms. The van der Waals surface area contributed by atoms with Crippen molar-refractivity contribution in [1.82, 2.24) is 0 Å². The van der Waals surface area contributed by atoms with Crippen molar-refractivity contribution in [3.63, 3.8) is 0 Å². The van der Waals surface area contributed by atoms with E-state index in [2.05, 4.69) is 0 Å². The molecule has 1 unspecified atom stereocenters. The van der Waals surface area contributed by atoms with E-state index >= 15 is 0 Å². The first kappa shape index (κ1) is 18.4. The molecular formula is C8H20ClNO6. The molecule has 100 valence electrons. The van der Waals surface area contributed by atoms with Gasteiger partial charge in [0.1, 0.15) is 18.3 Å². The van der Waals surface area contributed by atoms with Gasteiger partial charge in [-0.3, -0.25) is 0 Å². The lowest BCUT2D eigenvalue weighted by Crippen LogP contribution is -2.61. The van der Waals surface area contributed by atoms with Crippen LogP contribution < -0.4 is 5.73 Å². The summed E-state index contributed by atoms with van der Waals surface area (Å²) < 4.78 is 4.70. The maximum Gasteiger partial charge on any atom is 0.173 e. The van der Waals surface area contributed by atoms with Gasteiger partial charge < -0.3 is 36.0 Å². The van der Waals surface area contributed by atoms with Gasteiger partial charge in [0, 0.05) is 6.61 Å². The minimum Gasteiger partial charge on any atom is -0.397 e. The predicted molar refractivity (Wildman–Crippen MR) is 58.0 cm³/mol. The first-order chi connectivity index (χ1) is 6.99. The summed E-state index contributed by atoms with van der Waals surface area (Å²) in [5.41, 5.74) is 5.26. The summed E-state index contributed by atoms with van der Waals surface area (Å²) in [6.45, 7) is 1.46. The molecule has 0 aromatic heterocycles. The topological polar surface area (TPSA) is 136 Å². The molecule has 1 saturated heterocycles. The number of halogens is 1. The first-order valence-electron chi connectivity index (χ1n) is 4.66. The maximum absolute atomic E-state index is 9.20. The molecule has 1 heterocycles. The molecule has 1 fully saturated rings. The fourth-order valence-corrected chi connectivity index (χ4v) is 1.12. The van der Waals surface area contributed by atoms with Crippen molar-refractivity contribution in [3.8, 4) is 0 Å². The average molecular weight is 262 g/mol. The van der Waals surface area contributed by atoms with Gasteiger partial charge in [-0.1, -0.05) is 0 Å². The van der Waals surface area contributed by atoms with Crippen LogP contribution in [-0.2, 0) is 4.74 Å². The fraction of sp³-hybridized carbons (Fsp3) is 1.00. The highest BCUT2D eigenvalue weighted by atomic mass is 35.5. The number of nitrogens with two attached hydrogens (primary N) is 1. The van der Waals surface area contributed by atoms with E-state index < -0.39 is 37.3 Å². The summed E-state index contributed by atoms with van der Waals surface area (Å²) >= 11 is 0. The second-order valence-electron chi connectivity index (χ2n) is 3.12. The fourth-order valence-electron chi connectivity index (χ4n) is 1.12. The molecule has 0 amide bonds. The van der Waals surface area contributed by atoms with Crippen LogP contribution in [0.15, 0.2) is 0 Å². The van der Waals surface area contributed by atoms with Crippen LogP contribution in [0.5, 0.6) is 0 Å². The molecule has 0 radical (unpaired) electrons. The lowest BCUT2D eigenvalue weighted by atomic mass is 9.98. The highest BCUT2D eigenvalue weighted by Gasteiger charge is 2.41. The van der Waals surface area contributed by atoms with Gasteiger partial charge in [-0.05, 0) is 6.92 Å². The number of aliphatic hydroxyl groups is 5. The molecule has 1 aliphatic rings. The van der Waals surface area contributed by atoms with Crippen molar-refractivity contribution in [2.24, 2.45) is 5.73 Å². The number of hydrogen-bond donors (Lipinski definition) is 6. The third-order valence-electron chi connectivity index (χ3n) is 1.95. The normalized spacial score (nSPS) is 38.1. The standard InChI is InChI=1S/C6H13NO5.C2H6O.ClH/c7-3-5(10)4(9)2(1-8)12-6(3)11;1-2-3;/h2-6,8-11H,1,7H2;3H,2H2,1H3;1H/t2-,3-,4-,5-,6?;;/m1../s1. The van der Waals surface area contributed by atoms with E-state index in [0.29, 0.717) is 0 Å². The maximum atomic E-state index is 9.20. The summed E-state index contributed by atoms with van der Waals surface area (Å²) in [4.78, 5) is 0. The van der Waals surface area contributed by atoms with Crippen LogP contribution >= 0.6 is 12.4 Å². The van der Waals surface area contributed by atoms with Crippen molar-refractivity contribution in [2.75, 3.05) is 13.2 Å². The molecule has 0 aromatic rings. The van der Waals surface area contributed by atoms with Gasteiger partial charge in [0.15, 0.2) is 6.29 Å². The molecule has 1 rings (SSSR count). The van der Waals surface area contributed by atoms with Crippen molar-refractivity contribution in [3.05, 3.63) is 0 Å². The van der Waals surface area contributed by atoms with Gasteiger partial charge in [0.05, 0.1) is 12.6 Å². The molecule has 0 aliphatic carbocycles. The summed E-state index contributed by atoms with van der Waals surface area (Å²) in [5.74, 6) is 0. The number of aliphatic hydroxyl groups excluding tert-OH is 5. The Bertz CT molecular complexity index is 170. The Morgan fingerprint density at radius 2 is 1.56 bits per heavy atom. The van der Waals surface area contributed by atoms with Gasteiger partial charge in [-0.15, -0.1) is 12.4 Å². The minimum atomic E-state index is -1.35. The van der Waals surface area contributed by atoms with Crippen molar-refractivity contribution in [2.45, 2.75) is 37.6 Å². The zero-order valence-corrected chi connectivity index (χ0v) is 9.75. The van der Waals surface area contributed by atoms with E-state index in [1.165, 1.54) is 0 Å². The zero-order valence-electron chi connectivity index (χ0n) is 8.93. The Kier molecular flexibility index (Phi) is 10.4. The lowest BCUT2D eigenvalue weighted by Gasteiger charge is -2.38. The molecule has 0 bridgehead atoms. The third-order valence-corrected chi connectivity index (χ3v) is 1.95. The Hall–Kier alpha value is 0.01000. The van der Waals surface area contributed by atoms with Crippen LogP contribution in [0.3, 0.4) is 0 Å². The average Bonchev–Trinajstić information content (AvgIpc) is 2.21. The van der Waals surface area contributed by atoms with Crippen LogP contribution in [-0.4, -0.2) is 69.4 Å². The summed E-state index contributed by atoms with van der Waals surface area (Å²) in [6.07, 6.45) is -4.85. The summed E-state index contributed by atoms with van der Waals surface area (Å²) in [5, 5.41) is 43.6. The molecule has 5 atom stereocenters. The highest BCUT2D eigenvalue weighted by molar-refractivity contribution is 5.85. The third kappa shape index (κ3) is 4.89. The second kappa shape index (κ2) is 9.08. The summed E-state index contributed by atoms with van der Waals surface area (Å²) in [6, 6.07) is -1.04. The lowest BCUT2D eigenvalue weighted by molar-refractivity contribution is -0.248. The predicted octanol–water partition coefficient (Wildman–Crippen LogP) is -2.83. The Morgan fingerprint density at radius 1 is 1.12 bits per heavy atom. The molecular weight excluding hydrogens is 242 g/mol. The van der Waals surface area contributed by atoms with E-state index in [9.17, 15) is 10.2 Å². The van der Waals surface area contributed by atoms with Crippen LogP contribution in [0.1, 0.15) is 6.92 Å². The van der Waals surface area contributed by atoms with Gasteiger partial charge in [-0.2, -0.15) is 0 Å². The SMILES string of the molecule is CCO.Cl.N[C@H]1C(O)O[C@H](CO)[C@@H](O)[C@@H]1O. The van der Waals surface area contributed by atoms with Crippen molar-refractivity contribution in [1.29, 1.82) is 0 Å². The molecule has 7 nitrogen and oxygen atoms in total. The summed E-state index contributed by atoms with van der Waals surface area (Å²) in [7, 11) is 0. The van der Waals surface area contributed by atoms with E-state index in [1.807, 2.05) is 0 Å². The number of rotatable bonds is 1. The van der Waals surface area contributed by atoms with Crippen LogP contribution in [0, 0.1) is 0 Å². The number of hydrogen-bond acceptors (Lipinski definition) is 7. The van der Waals surface area contributed by atoms with E-state index in [1.54, 1.807) is 6.92 Å². The molecule has 16 heavy (non-hydrogen) atoms. The molecule has 1 aliphatic heterocycles. The van der Waals surface area contributed by atoms with Crippen LogP contribution in [0.4, 0.5) is 0 Å². The largest absolute Gasteiger partial charge is 0.397 e. The number of ether oxygens (including phenoxy) is 1. The Balaban J connectivity index is 0. The smallest absolute Gasteiger partial charge is 0.173 e.